The fourth-order valence-corrected chi connectivity index (χ4v) is 2.45. The number of rotatable bonds is 3. The van der Waals surface area contributed by atoms with Crippen molar-refractivity contribution in [3.05, 3.63) is 23.7 Å². The van der Waals surface area contributed by atoms with Crippen LogP contribution in [0.4, 0.5) is 0 Å². The van der Waals surface area contributed by atoms with E-state index in [1.54, 1.807) is 19.1 Å². The molecule has 0 unspecified atom stereocenters. The maximum absolute atomic E-state index is 11.9. The summed E-state index contributed by atoms with van der Waals surface area (Å²) in [6, 6.07) is 3.55. The summed E-state index contributed by atoms with van der Waals surface area (Å²) in [6.45, 7) is 1.80. The molecule has 5 nitrogen and oxygen atoms in total. The van der Waals surface area contributed by atoms with E-state index in [4.69, 9.17) is 9.15 Å². The van der Waals surface area contributed by atoms with Gasteiger partial charge in [-0.25, -0.2) is 0 Å². The molecular formula is C14H19NO4. The molecule has 1 aromatic rings. The van der Waals surface area contributed by atoms with Gasteiger partial charge in [-0.1, -0.05) is 0 Å². The molecule has 0 saturated heterocycles. The van der Waals surface area contributed by atoms with E-state index in [0.717, 1.165) is 31.4 Å². The van der Waals surface area contributed by atoms with Gasteiger partial charge in [-0.15, -0.1) is 0 Å². The van der Waals surface area contributed by atoms with Crippen LogP contribution < -0.4 is 5.32 Å². The first-order chi connectivity index (χ1) is 9.10. The maximum Gasteiger partial charge on any atom is 0.308 e. The zero-order chi connectivity index (χ0) is 13.8. The first-order valence-electron chi connectivity index (χ1n) is 6.55. The van der Waals surface area contributed by atoms with E-state index in [2.05, 4.69) is 5.32 Å². The molecule has 0 aliphatic heterocycles. The van der Waals surface area contributed by atoms with Crippen molar-refractivity contribution in [2.24, 2.45) is 5.92 Å². The highest BCUT2D eigenvalue weighted by atomic mass is 16.5. The smallest absolute Gasteiger partial charge is 0.308 e. The third kappa shape index (κ3) is 3.36. The summed E-state index contributed by atoms with van der Waals surface area (Å²) in [5, 5.41) is 2.94. The molecule has 1 aliphatic carbocycles. The van der Waals surface area contributed by atoms with Crippen molar-refractivity contribution < 1.29 is 18.7 Å². The summed E-state index contributed by atoms with van der Waals surface area (Å²) in [4.78, 5) is 23.3. The molecule has 19 heavy (non-hydrogen) atoms. The number of methoxy groups -OCH3 is 1. The third-order valence-corrected chi connectivity index (χ3v) is 3.56. The predicted molar refractivity (Wildman–Crippen MR) is 68.7 cm³/mol. The molecule has 1 N–H and O–H groups in total. The average molecular weight is 265 g/mol. The summed E-state index contributed by atoms with van der Waals surface area (Å²) >= 11 is 0. The molecule has 104 valence electrons. The Labute approximate surface area is 112 Å². The fourth-order valence-electron chi connectivity index (χ4n) is 2.45. The van der Waals surface area contributed by atoms with Crippen LogP contribution >= 0.6 is 0 Å². The average Bonchev–Trinajstić information content (AvgIpc) is 2.85. The van der Waals surface area contributed by atoms with Crippen molar-refractivity contribution >= 4 is 11.9 Å². The lowest BCUT2D eigenvalue weighted by Gasteiger charge is -2.27. The summed E-state index contributed by atoms with van der Waals surface area (Å²) in [5.41, 5.74) is 0. The van der Waals surface area contributed by atoms with Gasteiger partial charge >= 0.3 is 5.97 Å². The van der Waals surface area contributed by atoms with Crippen LogP contribution in [0, 0.1) is 12.8 Å². The Bertz CT molecular complexity index is 458. The number of nitrogens with one attached hydrogen (secondary N) is 1. The summed E-state index contributed by atoms with van der Waals surface area (Å²) in [5.74, 6) is 0.706. The van der Waals surface area contributed by atoms with Gasteiger partial charge in [0.05, 0.1) is 13.0 Å². The van der Waals surface area contributed by atoms with E-state index in [1.807, 2.05) is 0 Å². The normalized spacial score (nSPS) is 22.8. The number of furan rings is 1. The SMILES string of the molecule is COC(=O)C1CCC(NC(=O)c2ccc(C)o2)CC1. The van der Waals surface area contributed by atoms with Crippen molar-refractivity contribution in [2.75, 3.05) is 7.11 Å². The topological polar surface area (TPSA) is 68.5 Å². The number of hydrogen-bond donors (Lipinski definition) is 1. The first kappa shape index (κ1) is 13.6. The van der Waals surface area contributed by atoms with Crippen molar-refractivity contribution in [3.8, 4) is 0 Å². The molecule has 1 aliphatic rings. The molecule has 0 spiro atoms. The van der Waals surface area contributed by atoms with Crippen LogP contribution in [0.25, 0.3) is 0 Å². The van der Waals surface area contributed by atoms with Crippen molar-refractivity contribution in [2.45, 2.75) is 38.6 Å². The first-order valence-corrected chi connectivity index (χ1v) is 6.55. The lowest BCUT2D eigenvalue weighted by molar-refractivity contribution is -0.146. The summed E-state index contributed by atoms with van der Waals surface area (Å²) in [7, 11) is 1.41. The lowest BCUT2D eigenvalue weighted by Crippen LogP contribution is -2.38. The van der Waals surface area contributed by atoms with Crippen LogP contribution in [0.1, 0.15) is 42.0 Å². The van der Waals surface area contributed by atoms with Gasteiger partial charge in [0.1, 0.15) is 5.76 Å². The minimum atomic E-state index is -0.186. The Balaban J connectivity index is 1.82. The van der Waals surface area contributed by atoms with E-state index >= 15 is 0 Å². The van der Waals surface area contributed by atoms with Crippen LogP contribution in [-0.4, -0.2) is 25.0 Å². The Morgan fingerprint density at radius 1 is 1.26 bits per heavy atom. The zero-order valence-corrected chi connectivity index (χ0v) is 11.3. The molecule has 2 rings (SSSR count). The fraction of sp³-hybridized carbons (Fsp3) is 0.571. The number of ether oxygens (including phenoxy) is 1. The van der Waals surface area contributed by atoms with E-state index in [9.17, 15) is 9.59 Å². The Morgan fingerprint density at radius 2 is 1.95 bits per heavy atom. The van der Waals surface area contributed by atoms with Gasteiger partial charge < -0.3 is 14.5 Å². The number of amides is 1. The molecule has 1 heterocycles. The van der Waals surface area contributed by atoms with Crippen LogP contribution in [0.2, 0.25) is 0 Å². The molecule has 0 atom stereocenters. The third-order valence-electron chi connectivity index (χ3n) is 3.56. The summed E-state index contributed by atoms with van der Waals surface area (Å²) in [6.07, 6.45) is 3.11. The Morgan fingerprint density at radius 3 is 2.47 bits per heavy atom. The molecule has 1 saturated carbocycles. The largest absolute Gasteiger partial charge is 0.469 e. The van der Waals surface area contributed by atoms with Gasteiger partial charge in [0, 0.05) is 6.04 Å². The van der Waals surface area contributed by atoms with E-state index in [1.165, 1.54) is 7.11 Å². The molecule has 1 amide bonds. The second kappa shape index (κ2) is 5.91. The predicted octanol–water partition coefficient (Wildman–Crippen LogP) is 2.05. The number of hydrogen-bond acceptors (Lipinski definition) is 4. The van der Waals surface area contributed by atoms with E-state index in [0.29, 0.717) is 5.76 Å². The molecule has 0 radical (unpaired) electrons. The highest BCUT2D eigenvalue weighted by molar-refractivity contribution is 5.91. The number of carbonyl (C=O) groups is 2. The van der Waals surface area contributed by atoms with Crippen molar-refractivity contribution in [1.29, 1.82) is 0 Å². The van der Waals surface area contributed by atoms with E-state index in [-0.39, 0.29) is 23.8 Å². The maximum atomic E-state index is 11.9. The van der Waals surface area contributed by atoms with Gasteiger partial charge in [0.25, 0.3) is 5.91 Å². The second-order valence-electron chi connectivity index (χ2n) is 4.96. The summed E-state index contributed by atoms with van der Waals surface area (Å²) < 4.78 is 10.0. The molecule has 1 aromatic heterocycles. The van der Waals surface area contributed by atoms with Gasteiger partial charge in [-0.2, -0.15) is 0 Å². The van der Waals surface area contributed by atoms with Crippen LogP contribution in [0.3, 0.4) is 0 Å². The van der Waals surface area contributed by atoms with Gasteiger partial charge in [-0.3, -0.25) is 9.59 Å². The number of aryl methyl sites for hydroxylation is 1. The standard InChI is InChI=1S/C14H19NO4/c1-9-3-8-12(19-9)13(16)15-11-6-4-10(5-7-11)14(17)18-2/h3,8,10-11H,4-7H2,1-2H3,(H,15,16). The van der Waals surface area contributed by atoms with Crippen molar-refractivity contribution in [1.82, 2.24) is 5.32 Å². The number of carbonyl (C=O) groups excluding carboxylic acids is 2. The van der Waals surface area contributed by atoms with Crippen molar-refractivity contribution in [3.63, 3.8) is 0 Å². The second-order valence-corrected chi connectivity index (χ2v) is 4.96. The highest BCUT2D eigenvalue weighted by Crippen LogP contribution is 2.25. The van der Waals surface area contributed by atoms with Gasteiger partial charge in [-0.05, 0) is 44.7 Å². The number of esters is 1. The zero-order valence-electron chi connectivity index (χ0n) is 11.3. The molecule has 0 bridgehead atoms. The Hall–Kier alpha value is -1.78. The van der Waals surface area contributed by atoms with Gasteiger partial charge in [0.2, 0.25) is 0 Å². The lowest BCUT2D eigenvalue weighted by atomic mass is 9.86. The molecule has 5 heteroatoms. The molecule has 1 fully saturated rings. The van der Waals surface area contributed by atoms with E-state index < -0.39 is 0 Å². The minimum Gasteiger partial charge on any atom is -0.469 e. The minimum absolute atomic E-state index is 0.0241. The monoisotopic (exact) mass is 265 g/mol. The van der Waals surface area contributed by atoms with Crippen LogP contribution in [0.15, 0.2) is 16.5 Å². The highest BCUT2D eigenvalue weighted by Gasteiger charge is 2.28. The molecule has 0 aromatic carbocycles. The molecular weight excluding hydrogens is 246 g/mol. The Kier molecular flexibility index (Phi) is 4.24. The van der Waals surface area contributed by atoms with Crippen LogP contribution in [0.5, 0.6) is 0 Å². The quantitative estimate of drug-likeness (QED) is 0.849. The van der Waals surface area contributed by atoms with Gasteiger partial charge in [0.15, 0.2) is 5.76 Å². The van der Waals surface area contributed by atoms with Crippen LogP contribution in [-0.2, 0) is 9.53 Å².